The van der Waals surface area contributed by atoms with Gasteiger partial charge in [0.15, 0.2) is 23.2 Å². The number of hydrogen-bond acceptors (Lipinski definition) is 10. The Morgan fingerprint density at radius 1 is 1.15 bits per heavy atom. The van der Waals surface area contributed by atoms with Crippen molar-refractivity contribution in [2.75, 3.05) is 7.11 Å². The summed E-state index contributed by atoms with van der Waals surface area (Å²) in [6.45, 7) is 5.80. The monoisotopic (exact) mass is 544 g/mol. The SMILES string of the molecule is COc1ccc(C(N/C(C)=C2\C(=O)C=C3Oc4c(C(C)=O)c(O)c(C)c(O)c4[C@]3(C)C2=O)c2ncn(C)n2)cc1. The number of carbonyl (C=O) groups excluding carboxylic acids is 3. The van der Waals surface area contributed by atoms with Crippen molar-refractivity contribution >= 4 is 17.3 Å². The number of allylic oxidation sites excluding steroid dienone is 4. The number of ketones is 3. The molecular weight excluding hydrogens is 516 g/mol. The van der Waals surface area contributed by atoms with Gasteiger partial charge in [0.1, 0.15) is 52.1 Å². The van der Waals surface area contributed by atoms with Gasteiger partial charge in [-0.05, 0) is 45.4 Å². The van der Waals surface area contributed by atoms with E-state index in [1.165, 1.54) is 26.8 Å². The van der Waals surface area contributed by atoms with E-state index in [2.05, 4.69) is 15.4 Å². The molecule has 0 spiro atoms. The zero-order valence-electron chi connectivity index (χ0n) is 22.8. The maximum Gasteiger partial charge on any atom is 0.194 e. The second-order valence-electron chi connectivity index (χ2n) is 10.0. The molecule has 206 valence electrons. The Balaban J connectivity index is 1.64. The van der Waals surface area contributed by atoms with Gasteiger partial charge < -0.3 is 25.0 Å². The first-order chi connectivity index (χ1) is 18.9. The lowest BCUT2D eigenvalue weighted by molar-refractivity contribution is -0.123. The van der Waals surface area contributed by atoms with Crippen LogP contribution in [0.2, 0.25) is 0 Å². The number of nitrogens with one attached hydrogen (secondary N) is 1. The van der Waals surface area contributed by atoms with Gasteiger partial charge in [-0.3, -0.25) is 19.1 Å². The van der Waals surface area contributed by atoms with Crippen LogP contribution in [0.25, 0.3) is 0 Å². The van der Waals surface area contributed by atoms with E-state index < -0.39 is 34.6 Å². The van der Waals surface area contributed by atoms with Crippen molar-refractivity contribution in [3.05, 3.63) is 81.8 Å². The molecule has 1 unspecified atom stereocenters. The third-order valence-electron chi connectivity index (χ3n) is 7.45. The van der Waals surface area contributed by atoms with Crippen LogP contribution in [-0.2, 0) is 22.1 Å². The van der Waals surface area contributed by atoms with Crippen LogP contribution in [0.4, 0.5) is 0 Å². The molecule has 40 heavy (non-hydrogen) atoms. The number of methoxy groups -OCH3 is 1. The fourth-order valence-corrected chi connectivity index (χ4v) is 5.23. The number of hydrogen-bond donors (Lipinski definition) is 3. The summed E-state index contributed by atoms with van der Waals surface area (Å²) in [7, 11) is 3.29. The van der Waals surface area contributed by atoms with Crippen molar-refractivity contribution in [3.63, 3.8) is 0 Å². The lowest BCUT2D eigenvalue weighted by Gasteiger charge is -2.29. The van der Waals surface area contributed by atoms with Gasteiger partial charge in [0, 0.05) is 24.4 Å². The summed E-state index contributed by atoms with van der Waals surface area (Å²) in [5.41, 5.74) is -0.854. The molecule has 2 aliphatic rings. The molecule has 0 amide bonds. The Morgan fingerprint density at radius 2 is 1.82 bits per heavy atom. The number of Topliss-reactive ketones (excluding diaryl/α,β-unsaturated/α-hetero) is 2. The molecule has 3 aromatic rings. The Hall–Kier alpha value is -4.93. The number of carbonyl (C=O) groups is 3. The van der Waals surface area contributed by atoms with Crippen molar-refractivity contribution in [2.24, 2.45) is 7.05 Å². The average molecular weight is 545 g/mol. The van der Waals surface area contributed by atoms with Gasteiger partial charge in [-0.2, -0.15) is 5.10 Å². The molecule has 1 aliphatic heterocycles. The molecule has 0 radical (unpaired) electrons. The number of aromatic nitrogens is 3. The van der Waals surface area contributed by atoms with E-state index >= 15 is 0 Å². The van der Waals surface area contributed by atoms with Crippen LogP contribution in [0.3, 0.4) is 0 Å². The highest BCUT2D eigenvalue weighted by molar-refractivity contribution is 6.31. The Labute approximate surface area is 229 Å². The van der Waals surface area contributed by atoms with Crippen molar-refractivity contribution in [1.29, 1.82) is 0 Å². The van der Waals surface area contributed by atoms with Gasteiger partial charge in [-0.1, -0.05) is 12.1 Å². The van der Waals surface area contributed by atoms with Crippen LogP contribution in [-0.4, -0.2) is 49.4 Å². The number of nitrogens with zero attached hydrogens (tertiary/aromatic N) is 3. The first-order valence-corrected chi connectivity index (χ1v) is 12.5. The van der Waals surface area contributed by atoms with Gasteiger partial charge >= 0.3 is 0 Å². The summed E-state index contributed by atoms with van der Waals surface area (Å²) in [5, 5.41) is 29.3. The normalized spacial score (nSPS) is 19.8. The smallest absolute Gasteiger partial charge is 0.194 e. The highest BCUT2D eigenvalue weighted by Gasteiger charge is 2.56. The molecule has 0 fully saturated rings. The second kappa shape index (κ2) is 9.37. The minimum Gasteiger partial charge on any atom is -0.507 e. The minimum atomic E-state index is -1.62. The topological polar surface area (TPSA) is 153 Å². The summed E-state index contributed by atoms with van der Waals surface area (Å²) < 4.78 is 12.6. The molecule has 2 aromatic carbocycles. The zero-order valence-corrected chi connectivity index (χ0v) is 22.8. The summed E-state index contributed by atoms with van der Waals surface area (Å²) in [6.07, 6.45) is 2.72. The molecule has 1 aliphatic carbocycles. The van der Waals surface area contributed by atoms with Crippen LogP contribution in [0, 0.1) is 6.92 Å². The van der Waals surface area contributed by atoms with Gasteiger partial charge in [-0.15, -0.1) is 0 Å². The lowest BCUT2D eigenvalue weighted by atomic mass is 9.70. The number of aryl methyl sites for hydroxylation is 1. The molecule has 5 rings (SSSR count). The summed E-state index contributed by atoms with van der Waals surface area (Å²) in [4.78, 5) is 44.3. The van der Waals surface area contributed by atoms with E-state index in [9.17, 15) is 24.6 Å². The molecule has 11 heteroatoms. The number of fused-ring (bicyclic) bond motifs is 3. The first kappa shape index (κ1) is 26.7. The average Bonchev–Trinajstić information content (AvgIpc) is 3.47. The van der Waals surface area contributed by atoms with Crippen molar-refractivity contribution in [1.82, 2.24) is 20.1 Å². The second-order valence-corrected chi connectivity index (χ2v) is 10.0. The fraction of sp³-hybridized carbons (Fsp3) is 0.276. The molecule has 1 aromatic heterocycles. The van der Waals surface area contributed by atoms with Crippen LogP contribution in [0.15, 0.2) is 53.7 Å². The molecular formula is C29H28N4O7. The summed E-state index contributed by atoms with van der Waals surface area (Å²) in [5.74, 6) is -1.68. The number of rotatable bonds is 6. The highest BCUT2D eigenvalue weighted by atomic mass is 16.5. The molecule has 2 heterocycles. The molecule has 0 saturated carbocycles. The molecule has 0 bridgehead atoms. The standard InChI is InChI=1S/C29H28N4O7/c1-13-24(36)21(15(3)34)26-22(25(13)37)29(4)19(40-26)11-18(35)20(27(29)38)14(2)31-23(28-30-12-33(5)32-28)16-7-9-17(39-6)10-8-16/h7-12,23,31,36-37H,1-6H3/b20-14+/t23?,29-/m1/s1. The molecule has 11 nitrogen and oxygen atoms in total. The Morgan fingerprint density at radius 3 is 2.40 bits per heavy atom. The molecule has 0 saturated heterocycles. The Bertz CT molecular complexity index is 1670. The predicted octanol–water partition coefficient (Wildman–Crippen LogP) is 3.08. The van der Waals surface area contributed by atoms with Crippen LogP contribution in [0.1, 0.15) is 59.7 Å². The van der Waals surface area contributed by atoms with E-state index in [0.29, 0.717) is 11.6 Å². The van der Waals surface area contributed by atoms with E-state index in [1.807, 2.05) is 12.1 Å². The lowest BCUT2D eigenvalue weighted by Crippen LogP contribution is -2.41. The maximum absolute atomic E-state index is 14.2. The summed E-state index contributed by atoms with van der Waals surface area (Å²) in [6, 6.07) is 6.59. The van der Waals surface area contributed by atoms with E-state index in [1.54, 1.807) is 44.2 Å². The van der Waals surface area contributed by atoms with Crippen molar-refractivity contribution in [2.45, 2.75) is 39.2 Å². The Kier molecular flexibility index (Phi) is 6.24. The van der Waals surface area contributed by atoms with E-state index in [4.69, 9.17) is 9.47 Å². The van der Waals surface area contributed by atoms with Gasteiger partial charge in [0.25, 0.3) is 0 Å². The van der Waals surface area contributed by atoms with E-state index in [-0.39, 0.29) is 45.2 Å². The quantitative estimate of drug-likeness (QED) is 0.240. The van der Waals surface area contributed by atoms with Crippen molar-refractivity contribution in [3.8, 4) is 23.0 Å². The first-order valence-electron chi connectivity index (χ1n) is 12.5. The summed E-state index contributed by atoms with van der Waals surface area (Å²) >= 11 is 0. The molecule has 2 atom stereocenters. The highest BCUT2D eigenvalue weighted by Crippen LogP contribution is 2.57. The van der Waals surface area contributed by atoms with Crippen molar-refractivity contribution < 1.29 is 34.1 Å². The number of ether oxygens (including phenoxy) is 2. The minimum absolute atomic E-state index is 0.0279. The fourth-order valence-electron chi connectivity index (χ4n) is 5.23. The van der Waals surface area contributed by atoms with Crippen LogP contribution >= 0.6 is 0 Å². The molecule has 3 N–H and O–H groups in total. The van der Waals surface area contributed by atoms with Crippen LogP contribution < -0.4 is 14.8 Å². The number of aromatic hydroxyl groups is 2. The largest absolute Gasteiger partial charge is 0.507 e. The maximum atomic E-state index is 14.2. The third-order valence-corrected chi connectivity index (χ3v) is 7.45. The third kappa shape index (κ3) is 3.84. The number of benzene rings is 2. The van der Waals surface area contributed by atoms with E-state index in [0.717, 1.165) is 5.56 Å². The van der Waals surface area contributed by atoms with Gasteiger partial charge in [-0.25, -0.2) is 4.98 Å². The number of phenolic OH excluding ortho intramolecular Hbond substituents is 2. The zero-order chi connectivity index (χ0) is 29.1. The van der Waals surface area contributed by atoms with Gasteiger partial charge in [0.05, 0.1) is 18.2 Å². The number of phenols is 2. The van der Waals surface area contributed by atoms with Crippen LogP contribution in [0.5, 0.6) is 23.0 Å². The predicted molar refractivity (Wildman–Crippen MR) is 142 cm³/mol. The van der Waals surface area contributed by atoms with Gasteiger partial charge in [0.2, 0.25) is 0 Å².